The Bertz CT molecular complexity index is 542. The van der Waals surface area contributed by atoms with E-state index in [0.717, 1.165) is 0 Å². The summed E-state index contributed by atoms with van der Waals surface area (Å²) in [6, 6.07) is 5.65. The van der Waals surface area contributed by atoms with E-state index in [0.29, 0.717) is 0 Å². The second kappa shape index (κ2) is 8.52. The number of ether oxygens (including phenoxy) is 1. The molecule has 6 heteroatoms. The van der Waals surface area contributed by atoms with Crippen LogP contribution in [0.4, 0.5) is 0 Å². The fourth-order valence-electron chi connectivity index (χ4n) is 1.43. The highest BCUT2D eigenvalue weighted by atomic mass is 16.5. The minimum Gasteiger partial charge on any atom is -0.506 e. The number of benzene rings is 1. The molecule has 0 fully saturated rings. The van der Waals surface area contributed by atoms with Gasteiger partial charge in [-0.15, -0.1) is 0 Å². The van der Waals surface area contributed by atoms with Crippen LogP contribution in [0.2, 0.25) is 0 Å². The number of aliphatic hydroxyl groups is 1. The summed E-state index contributed by atoms with van der Waals surface area (Å²) in [6.07, 6.45) is 0. The topological polar surface area (TPSA) is 108 Å². The van der Waals surface area contributed by atoms with Gasteiger partial charge in [0.1, 0.15) is 17.1 Å². The van der Waals surface area contributed by atoms with Crippen LogP contribution in [-0.4, -0.2) is 27.9 Å². The van der Waals surface area contributed by atoms with Crippen molar-refractivity contribution in [3.05, 3.63) is 35.4 Å². The lowest BCUT2D eigenvalue weighted by Crippen LogP contribution is -2.11. The molecule has 0 saturated carbocycles. The maximum absolute atomic E-state index is 10.9. The van der Waals surface area contributed by atoms with Crippen LogP contribution in [-0.2, 0) is 9.59 Å². The van der Waals surface area contributed by atoms with E-state index in [4.69, 9.17) is 15.3 Å². The summed E-state index contributed by atoms with van der Waals surface area (Å²) in [6.45, 7) is 6.53. The van der Waals surface area contributed by atoms with E-state index in [1.165, 1.54) is 38.1 Å². The third kappa shape index (κ3) is 5.48. The number of rotatable bonds is 4. The normalized spacial score (nSPS) is 10.7. The van der Waals surface area contributed by atoms with Crippen LogP contribution in [0.5, 0.6) is 5.75 Å². The lowest BCUT2D eigenvalue weighted by molar-refractivity contribution is -0.132. The van der Waals surface area contributed by atoms with E-state index >= 15 is 0 Å². The molecule has 0 atom stereocenters. The molecule has 21 heavy (non-hydrogen) atoms. The average Bonchev–Trinajstić information content (AvgIpc) is 2.40. The smallest absolute Gasteiger partial charge is 0.341 e. The van der Waals surface area contributed by atoms with Crippen LogP contribution in [0, 0.1) is 5.41 Å². The molecule has 0 aliphatic rings. The van der Waals surface area contributed by atoms with E-state index in [1.807, 2.05) is 13.8 Å². The van der Waals surface area contributed by atoms with Gasteiger partial charge in [-0.3, -0.25) is 4.79 Å². The van der Waals surface area contributed by atoms with Gasteiger partial charge in [0.15, 0.2) is 0 Å². The van der Waals surface area contributed by atoms with E-state index < -0.39 is 23.3 Å². The largest absolute Gasteiger partial charge is 0.506 e. The fraction of sp³-hybridized carbons (Fsp3) is 0.267. The molecule has 6 nitrogen and oxygen atoms in total. The summed E-state index contributed by atoms with van der Waals surface area (Å²) in [7, 11) is 0. The molecular formula is C15H19NO5. The quantitative estimate of drug-likeness (QED) is 0.260. The Morgan fingerprint density at radius 2 is 1.52 bits per heavy atom. The summed E-state index contributed by atoms with van der Waals surface area (Å²) >= 11 is 0. The molecule has 1 aromatic rings. The molecule has 3 N–H and O–H groups in total. The van der Waals surface area contributed by atoms with Crippen molar-refractivity contribution in [3.8, 4) is 5.75 Å². The molecule has 1 rings (SSSR count). The van der Waals surface area contributed by atoms with Crippen LogP contribution >= 0.6 is 0 Å². The number of nitrogens with one attached hydrogen (secondary N) is 1. The fourth-order valence-corrected chi connectivity index (χ4v) is 1.43. The number of carbonyl (C=O) groups is 2. The highest BCUT2D eigenvalue weighted by molar-refractivity contribution is 6.21. The van der Waals surface area contributed by atoms with Crippen molar-refractivity contribution in [2.45, 2.75) is 27.7 Å². The second-order valence-corrected chi connectivity index (χ2v) is 3.77. The Morgan fingerprint density at radius 3 is 1.86 bits per heavy atom. The highest BCUT2D eigenvalue weighted by Gasteiger charge is 2.17. The van der Waals surface area contributed by atoms with Gasteiger partial charge in [0.2, 0.25) is 0 Å². The summed E-state index contributed by atoms with van der Waals surface area (Å²) < 4.78 is 4.81. The first-order valence-corrected chi connectivity index (χ1v) is 6.34. The van der Waals surface area contributed by atoms with Gasteiger partial charge >= 0.3 is 11.9 Å². The summed E-state index contributed by atoms with van der Waals surface area (Å²) in [4.78, 5) is 21.7. The van der Waals surface area contributed by atoms with Crippen LogP contribution in [0.15, 0.2) is 29.8 Å². The molecule has 0 aliphatic heterocycles. The minimum absolute atomic E-state index is 0.222. The predicted octanol–water partition coefficient (Wildman–Crippen LogP) is 3.03. The molecule has 0 radical (unpaired) electrons. The van der Waals surface area contributed by atoms with Gasteiger partial charge in [-0.05, 0) is 31.2 Å². The molecule has 0 amide bonds. The third-order valence-corrected chi connectivity index (χ3v) is 2.22. The average molecular weight is 293 g/mol. The zero-order valence-electron chi connectivity index (χ0n) is 12.4. The Morgan fingerprint density at radius 1 is 1.05 bits per heavy atom. The van der Waals surface area contributed by atoms with Gasteiger partial charge in [-0.1, -0.05) is 13.8 Å². The lowest BCUT2D eigenvalue weighted by Gasteiger charge is -2.07. The van der Waals surface area contributed by atoms with Gasteiger partial charge in [0.25, 0.3) is 0 Å². The number of hydrogen-bond acceptors (Lipinski definition) is 5. The molecule has 0 unspecified atom stereocenters. The monoisotopic (exact) mass is 293 g/mol. The van der Waals surface area contributed by atoms with Crippen LogP contribution in [0.25, 0.3) is 5.76 Å². The Hall–Kier alpha value is -2.63. The van der Waals surface area contributed by atoms with Crippen molar-refractivity contribution in [2.75, 3.05) is 0 Å². The van der Waals surface area contributed by atoms with E-state index in [9.17, 15) is 14.7 Å². The maximum Gasteiger partial charge on any atom is 0.341 e. The number of carboxylic acids is 1. The second-order valence-electron chi connectivity index (χ2n) is 3.77. The van der Waals surface area contributed by atoms with Crippen LogP contribution in [0.3, 0.4) is 0 Å². The number of aliphatic carboxylic acids is 1. The molecule has 0 saturated heterocycles. The van der Waals surface area contributed by atoms with Gasteiger partial charge in [0.05, 0.1) is 0 Å². The molecule has 0 bridgehead atoms. The lowest BCUT2D eigenvalue weighted by atomic mass is 10.1. The Kier molecular flexibility index (Phi) is 7.46. The highest BCUT2D eigenvalue weighted by Crippen LogP contribution is 2.20. The number of hydrogen-bond donors (Lipinski definition) is 3. The summed E-state index contributed by atoms with van der Waals surface area (Å²) in [5, 5.41) is 26.1. The predicted molar refractivity (Wildman–Crippen MR) is 79.7 cm³/mol. The molecule has 114 valence electrons. The van der Waals surface area contributed by atoms with Crippen molar-refractivity contribution < 1.29 is 24.5 Å². The number of carbonyl (C=O) groups excluding carboxylic acids is 1. The first kappa shape index (κ1) is 18.4. The summed E-state index contributed by atoms with van der Waals surface area (Å²) in [5.41, 5.74) is -0.505. The SMILES string of the molecule is CC.CC(=N)/C(C(=O)O)=C(\O)c1ccc(OC(C)=O)cc1. The first-order valence-electron chi connectivity index (χ1n) is 6.34. The van der Waals surface area contributed by atoms with E-state index in [2.05, 4.69) is 0 Å². The maximum atomic E-state index is 10.9. The molecular weight excluding hydrogens is 274 g/mol. The third-order valence-electron chi connectivity index (χ3n) is 2.22. The molecule has 0 aromatic heterocycles. The van der Waals surface area contributed by atoms with Crippen molar-refractivity contribution in [2.24, 2.45) is 0 Å². The number of carboxylic acid groups (broad SMARTS) is 1. The van der Waals surface area contributed by atoms with Crippen molar-refractivity contribution in [3.63, 3.8) is 0 Å². The van der Waals surface area contributed by atoms with Gasteiger partial charge in [0, 0.05) is 18.2 Å². The van der Waals surface area contributed by atoms with Gasteiger partial charge in [-0.2, -0.15) is 0 Å². The van der Waals surface area contributed by atoms with E-state index in [-0.39, 0.29) is 17.0 Å². The summed E-state index contributed by atoms with van der Waals surface area (Å²) in [5.74, 6) is -2.08. The zero-order chi connectivity index (χ0) is 16.6. The van der Waals surface area contributed by atoms with Gasteiger partial charge < -0.3 is 20.4 Å². The number of esters is 1. The minimum atomic E-state index is -1.38. The van der Waals surface area contributed by atoms with Crippen LogP contribution in [0.1, 0.15) is 33.3 Å². The Balaban J connectivity index is 0.00000191. The zero-order valence-corrected chi connectivity index (χ0v) is 12.4. The van der Waals surface area contributed by atoms with E-state index in [1.54, 1.807) is 0 Å². The number of aliphatic hydroxyl groups excluding tert-OH is 1. The van der Waals surface area contributed by atoms with Crippen molar-refractivity contribution in [1.82, 2.24) is 0 Å². The molecule has 0 spiro atoms. The molecule has 1 aromatic carbocycles. The Labute approximate surface area is 123 Å². The standard InChI is InChI=1S/C13H13NO5.C2H6/c1-7(14)11(13(17)18)12(16)9-3-5-10(6-4-9)19-8(2)15;1-2/h3-6,14,16H,1-2H3,(H,17,18);1-2H3/b12-11+,14-7?;. The van der Waals surface area contributed by atoms with Crippen molar-refractivity contribution >= 4 is 23.4 Å². The first-order chi connectivity index (χ1) is 9.82. The van der Waals surface area contributed by atoms with Crippen molar-refractivity contribution in [1.29, 1.82) is 5.41 Å². The molecule has 0 aliphatic carbocycles. The molecule has 0 heterocycles. The van der Waals surface area contributed by atoms with Crippen LogP contribution < -0.4 is 4.74 Å². The van der Waals surface area contributed by atoms with Gasteiger partial charge in [-0.25, -0.2) is 4.79 Å².